The zero-order valence-corrected chi connectivity index (χ0v) is 13.7. The van der Waals surface area contributed by atoms with Crippen molar-refractivity contribution in [3.05, 3.63) is 34.1 Å². The van der Waals surface area contributed by atoms with Crippen molar-refractivity contribution in [1.29, 1.82) is 0 Å². The molecule has 0 spiro atoms. The van der Waals surface area contributed by atoms with Crippen LogP contribution in [-0.4, -0.2) is 27.7 Å². The summed E-state index contributed by atoms with van der Waals surface area (Å²) in [7, 11) is 0. The zero-order valence-electron chi connectivity index (χ0n) is 12.1. The van der Waals surface area contributed by atoms with E-state index in [1.807, 2.05) is 0 Å². The molecule has 6 atom stereocenters. The topological polar surface area (TPSA) is 98.5 Å². The van der Waals surface area contributed by atoms with Crippen LogP contribution in [0.15, 0.2) is 18.2 Å². The first-order valence-electron chi connectivity index (χ1n) is 7.48. The number of nitro groups is 1. The quantitative estimate of drug-likeness (QED) is 0.364. The van der Waals surface area contributed by atoms with E-state index in [0.717, 1.165) is 18.2 Å². The highest BCUT2D eigenvalue weighted by Gasteiger charge is 2.67. The summed E-state index contributed by atoms with van der Waals surface area (Å²) in [5, 5.41) is 13.2. The van der Waals surface area contributed by atoms with Gasteiger partial charge in [0.2, 0.25) is 5.91 Å². The van der Waals surface area contributed by atoms with Crippen molar-refractivity contribution in [1.82, 2.24) is 0 Å². The Labute approximate surface area is 143 Å². The molecular weight excluding hydrogens is 387 g/mol. The van der Waals surface area contributed by atoms with E-state index in [1.54, 1.807) is 0 Å². The number of hydrogen-bond donors (Lipinski definition) is 1. The van der Waals surface area contributed by atoms with E-state index < -0.39 is 34.5 Å². The highest BCUT2D eigenvalue weighted by molar-refractivity contribution is 9.09. The molecule has 1 amide bonds. The maximum atomic E-state index is 13.9. The molecule has 1 heterocycles. The monoisotopic (exact) mass is 398 g/mol. The number of carbonyl (C=O) groups is 2. The summed E-state index contributed by atoms with van der Waals surface area (Å²) in [6.45, 7) is 0. The molecule has 1 aliphatic heterocycles. The van der Waals surface area contributed by atoms with Crippen LogP contribution in [0.5, 0.6) is 0 Å². The smallest absolute Gasteiger partial charge is 0.310 e. The lowest BCUT2D eigenvalue weighted by molar-refractivity contribution is -0.384. The number of carbonyl (C=O) groups excluding carboxylic acids is 2. The lowest BCUT2D eigenvalue weighted by atomic mass is 9.79. The highest BCUT2D eigenvalue weighted by atomic mass is 79.9. The van der Waals surface area contributed by atoms with Gasteiger partial charge < -0.3 is 10.1 Å². The lowest BCUT2D eigenvalue weighted by Gasteiger charge is -2.27. The van der Waals surface area contributed by atoms with Gasteiger partial charge in [-0.25, -0.2) is 4.39 Å². The Hall–Kier alpha value is -2.03. The van der Waals surface area contributed by atoms with Gasteiger partial charge in [0.1, 0.15) is 11.9 Å². The number of nitrogens with one attached hydrogen (secondary N) is 1. The fourth-order valence-electron chi connectivity index (χ4n) is 4.27. The Morgan fingerprint density at radius 3 is 2.88 bits per heavy atom. The number of halogens is 2. The molecule has 4 rings (SSSR count). The summed E-state index contributed by atoms with van der Waals surface area (Å²) in [6.07, 6.45) is 0.498. The maximum absolute atomic E-state index is 13.9. The van der Waals surface area contributed by atoms with Gasteiger partial charge in [0, 0.05) is 18.1 Å². The molecule has 1 saturated heterocycles. The summed E-state index contributed by atoms with van der Waals surface area (Å²) >= 11 is 3.49. The van der Waals surface area contributed by atoms with Crippen LogP contribution in [0.4, 0.5) is 15.8 Å². The van der Waals surface area contributed by atoms with E-state index in [4.69, 9.17) is 4.74 Å². The minimum absolute atomic E-state index is 0.00224. The minimum atomic E-state index is -0.764. The van der Waals surface area contributed by atoms with Crippen LogP contribution in [0.1, 0.15) is 6.42 Å². The van der Waals surface area contributed by atoms with Crippen LogP contribution in [0.2, 0.25) is 0 Å². The minimum Gasteiger partial charge on any atom is -0.461 e. The summed E-state index contributed by atoms with van der Waals surface area (Å²) in [5.74, 6) is -2.88. The Bertz CT molecular complexity index is 772. The average molecular weight is 399 g/mol. The van der Waals surface area contributed by atoms with Crippen LogP contribution < -0.4 is 5.32 Å². The van der Waals surface area contributed by atoms with Crippen LogP contribution in [0.3, 0.4) is 0 Å². The van der Waals surface area contributed by atoms with Crippen molar-refractivity contribution in [3.8, 4) is 0 Å². The second-order valence-electron chi connectivity index (χ2n) is 6.37. The van der Waals surface area contributed by atoms with E-state index in [2.05, 4.69) is 21.2 Å². The van der Waals surface area contributed by atoms with Crippen molar-refractivity contribution in [2.24, 2.45) is 23.7 Å². The Morgan fingerprint density at radius 2 is 2.17 bits per heavy atom. The van der Waals surface area contributed by atoms with Gasteiger partial charge in [-0.15, -0.1) is 0 Å². The zero-order chi connectivity index (χ0) is 17.2. The molecule has 9 heteroatoms. The molecule has 24 heavy (non-hydrogen) atoms. The molecule has 1 N–H and O–H groups in total. The molecule has 1 aromatic carbocycles. The van der Waals surface area contributed by atoms with E-state index >= 15 is 0 Å². The number of alkyl halides is 1. The predicted octanol–water partition coefficient (Wildman–Crippen LogP) is 2.24. The van der Waals surface area contributed by atoms with Gasteiger partial charge in [-0.2, -0.15) is 0 Å². The van der Waals surface area contributed by atoms with Crippen LogP contribution >= 0.6 is 15.9 Å². The van der Waals surface area contributed by atoms with Gasteiger partial charge in [-0.1, -0.05) is 15.9 Å². The predicted molar refractivity (Wildman–Crippen MR) is 82.9 cm³/mol. The number of fused-ring (bicyclic) bond motifs is 1. The second kappa shape index (κ2) is 5.23. The fraction of sp³-hybridized carbons (Fsp3) is 0.467. The molecule has 2 bridgehead atoms. The molecule has 3 aliphatic rings. The van der Waals surface area contributed by atoms with Gasteiger partial charge in [-0.3, -0.25) is 19.7 Å². The van der Waals surface area contributed by atoms with Crippen LogP contribution in [0, 0.1) is 39.6 Å². The number of esters is 1. The SMILES string of the molecule is O=C(Nc1cc([N+](=O)[O-])ccc1F)[C@@H]1[C@H]2C[C@H]3[C@H](OC(=O)[C@@H]31)[C@@H]2Br. The van der Waals surface area contributed by atoms with Crippen molar-refractivity contribution < 1.29 is 23.6 Å². The van der Waals surface area contributed by atoms with Crippen LogP contribution in [0.25, 0.3) is 0 Å². The van der Waals surface area contributed by atoms with E-state index in [0.29, 0.717) is 6.42 Å². The number of hydrogen-bond acceptors (Lipinski definition) is 5. The molecule has 0 unspecified atom stereocenters. The molecule has 2 saturated carbocycles. The number of ether oxygens (including phenoxy) is 1. The number of non-ortho nitro benzene ring substituents is 1. The molecule has 2 aliphatic carbocycles. The first-order chi connectivity index (χ1) is 11.4. The van der Waals surface area contributed by atoms with Gasteiger partial charge in [0.15, 0.2) is 0 Å². The number of rotatable bonds is 3. The Balaban J connectivity index is 1.60. The molecule has 3 fully saturated rings. The normalized spacial score (nSPS) is 35.8. The lowest BCUT2D eigenvalue weighted by Crippen LogP contribution is -2.40. The van der Waals surface area contributed by atoms with E-state index in [9.17, 15) is 24.1 Å². The third-order valence-electron chi connectivity index (χ3n) is 5.24. The molecule has 1 aromatic rings. The highest BCUT2D eigenvalue weighted by Crippen LogP contribution is 2.60. The average Bonchev–Trinajstić information content (AvgIpc) is 3.13. The van der Waals surface area contributed by atoms with E-state index in [-0.39, 0.29) is 34.1 Å². The molecule has 0 aromatic heterocycles. The molecule has 7 nitrogen and oxygen atoms in total. The third-order valence-corrected chi connectivity index (χ3v) is 6.44. The fourth-order valence-corrected chi connectivity index (χ4v) is 5.31. The Morgan fingerprint density at radius 1 is 1.42 bits per heavy atom. The van der Waals surface area contributed by atoms with Gasteiger partial charge >= 0.3 is 5.97 Å². The van der Waals surface area contributed by atoms with Crippen molar-refractivity contribution in [2.45, 2.75) is 17.4 Å². The van der Waals surface area contributed by atoms with Crippen molar-refractivity contribution in [2.75, 3.05) is 5.32 Å². The van der Waals surface area contributed by atoms with E-state index in [1.165, 1.54) is 0 Å². The van der Waals surface area contributed by atoms with Gasteiger partial charge in [0.25, 0.3) is 5.69 Å². The molecular formula is C15H12BrFN2O5. The second-order valence-corrected chi connectivity index (χ2v) is 7.43. The summed E-state index contributed by atoms with van der Waals surface area (Å²) in [5.41, 5.74) is -0.579. The van der Waals surface area contributed by atoms with Crippen molar-refractivity contribution >= 4 is 39.2 Å². The number of anilines is 1. The first-order valence-corrected chi connectivity index (χ1v) is 8.39. The number of nitrogens with zero attached hydrogens (tertiary/aromatic N) is 1. The standard InChI is InChI=1S/C15H12BrFN2O5/c16-12-6-4-7-11(15(21)24-13(7)12)10(6)14(20)18-9-3-5(19(22)23)1-2-8(9)17/h1-3,6-7,10-13H,4H2,(H,18,20)/t6-,7-,10-,11+,12-,13+/m1/s1. The third kappa shape index (κ3) is 2.07. The summed E-state index contributed by atoms with van der Waals surface area (Å²) < 4.78 is 19.2. The van der Waals surface area contributed by atoms with Gasteiger partial charge in [0.05, 0.1) is 27.3 Å². The number of nitro benzene ring substituents is 1. The van der Waals surface area contributed by atoms with Crippen molar-refractivity contribution in [3.63, 3.8) is 0 Å². The number of amides is 1. The first kappa shape index (κ1) is 15.5. The largest absolute Gasteiger partial charge is 0.461 e. The molecule has 126 valence electrons. The van der Waals surface area contributed by atoms with Gasteiger partial charge in [-0.05, 0) is 18.4 Å². The summed E-state index contributed by atoms with van der Waals surface area (Å²) in [4.78, 5) is 34.7. The molecule has 0 radical (unpaired) electrons. The Kier molecular flexibility index (Phi) is 3.38. The summed E-state index contributed by atoms with van der Waals surface area (Å²) in [6, 6.07) is 2.93. The van der Waals surface area contributed by atoms with Crippen LogP contribution in [-0.2, 0) is 14.3 Å². The number of benzene rings is 1. The maximum Gasteiger partial charge on any atom is 0.310 e.